The summed E-state index contributed by atoms with van der Waals surface area (Å²) in [4.78, 5) is 18.0. The summed E-state index contributed by atoms with van der Waals surface area (Å²) in [6, 6.07) is 22.9. The van der Waals surface area contributed by atoms with E-state index in [0.29, 0.717) is 21.8 Å². The van der Waals surface area contributed by atoms with Gasteiger partial charge in [0.1, 0.15) is 0 Å². The zero-order valence-electron chi connectivity index (χ0n) is 18.0. The summed E-state index contributed by atoms with van der Waals surface area (Å²) < 4.78 is 4.79. The second-order valence-corrected chi connectivity index (χ2v) is 8.82. The Hall–Kier alpha value is -3.75. The predicted octanol–water partition coefficient (Wildman–Crippen LogP) is 7.00. The summed E-state index contributed by atoms with van der Waals surface area (Å²) in [6.07, 6.45) is 0. The van der Waals surface area contributed by atoms with Crippen molar-refractivity contribution in [3.63, 3.8) is 0 Å². The number of azo groups is 1. The molecular weight excluding hydrogens is 450 g/mol. The predicted molar refractivity (Wildman–Crippen MR) is 135 cm³/mol. The van der Waals surface area contributed by atoms with Crippen molar-refractivity contribution in [1.82, 2.24) is 14.1 Å². The molecule has 8 heteroatoms. The first-order chi connectivity index (χ1) is 16.0. The average molecular weight is 470 g/mol. The van der Waals surface area contributed by atoms with Gasteiger partial charge in [-0.25, -0.2) is 4.98 Å². The van der Waals surface area contributed by atoms with Gasteiger partial charge in [-0.2, -0.15) is 5.11 Å². The van der Waals surface area contributed by atoms with Crippen LogP contribution in [0, 0.1) is 18.6 Å². The highest BCUT2D eigenvalue weighted by Gasteiger charge is 2.17. The summed E-state index contributed by atoms with van der Waals surface area (Å²) >= 11 is 7.40. The summed E-state index contributed by atoms with van der Waals surface area (Å²) in [5.41, 5.74) is 6.49. The molecule has 6 nitrogen and oxygen atoms in total. The van der Waals surface area contributed by atoms with Crippen molar-refractivity contribution >= 4 is 45.1 Å². The number of hydrogen-bond acceptors (Lipinski definition) is 6. The standard InChI is InChI=1S/C25H19N5OS2/c1-16-8-10-18(11-9-16)27-28-23-17(2)29(20-12-13-22-21(14-20)26-15-33-22)25(32)30(24(23)31)19-6-4-3-5-7-19/h3-15H,1-2H3. The van der Waals surface area contributed by atoms with Crippen LogP contribution in [0.25, 0.3) is 21.6 Å². The number of thiazole rings is 1. The van der Waals surface area contributed by atoms with Crippen LogP contribution in [0.4, 0.5) is 11.4 Å². The molecule has 0 saturated carbocycles. The molecule has 5 rings (SSSR count). The molecule has 162 valence electrons. The topological polar surface area (TPSA) is 64.5 Å². The van der Waals surface area contributed by atoms with Crippen LogP contribution < -0.4 is 5.56 Å². The molecule has 0 N–H and O–H groups in total. The monoisotopic (exact) mass is 469 g/mol. The lowest BCUT2D eigenvalue weighted by Gasteiger charge is -2.17. The molecule has 3 aromatic carbocycles. The maximum Gasteiger partial charge on any atom is 0.286 e. The number of aromatic nitrogens is 3. The first kappa shape index (κ1) is 21.1. The van der Waals surface area contributed by atoms with Crippen molar-refractivity contribution in [2.24, 2.45) is 10.2 Å². The van der Waals surface area contributed by atoms with Crippen molar-refractivity contribution in [3.05, 3.63) is 105 Å². The number of aryl methyl sites for hydroxylation is 1. The lowest BCUT2D eigenvalue weighted by atomic mass is 10.2. The summed E-state index contributed by atoms with van der Waals surface area (Å²) in [5.74, 6) is 0. The van der Waals surface area contributed by atoms with E-state index in [-0.39, 0.29) is 11.2 Å². The van der Waals surface area contributed by atoms with Gasteiger partial charge in [0.2, 0.25) is 0 Å². The minimum atomic E-state index is -0.314. The van der Waals surface area contributed by atoms with Gasteiger partial charge in [0, 0.05) is 0 Å². The fraction of sp³-hybridized carbons (Fsp3) is 0.0800. The molecule has 0 radical (unpaired) electrons. The summed E-state index contributed by atoms with van der Waals surface area (Å²) in [7, 11) is 0. The van der Waals surface area contributed by atoms with E-state index < -0.39 is 0 Å². The number of hydrogen-bond donors (Lipinski definition) is 0. The SMILES string of the molecule is Cc1ccc(N=Nc2c(C)n(-c3ccc4scnc4c3)c(=S)n(-c3ccccc3)c2=O)cc1. The van der Waals surface area contributed by atoms with Crippen LogP contribution in [0.5, 0.6) is 0 Å². The molecule has 0 aliphatic rings. The van der Waals surface area contributed by atoms with Crippen LogP contribution in [0.2, 0.25) is 0 Å². The highest BCUT2D eigenvalue weighted by Crippen LogP contribution is 2.26. The Labute approximate surface area is 199 Å². The van der Waals surface area contributed by atoms with Gasteiger partial charge < -0.3 is 0 Å². The zero-order chi connectivity index (χ0) is 22.9. The molecule has 33 heavy (non-hydrogen) atoms. The van der Waals surface area contributed by atoms with Gasteiger partial charge in [-0.1, -0.05) is 35.9 Å². The fourth-order valence-corrected chi connectivity index (χ4v) is 4.71. The van der Waals surface area contributed by atoms with Crippen molar-refractivity contribution in [1.29, 1.82) is 0 Å². The third-order valence-electron chi connectivity index (χ3n) is 5.35. The Bertz CT molecular complexity index is 1610. The molecule has 0 saturated heterocycles. The summed E-state index contributed by atoms with van der Waals surface area (Å²) in [6.45, 7) is 3.84. The minimum absolute atomic E-state index is 0.228. The molecule has 0 unspecified atom stereocenters. The van der Waals surface area contributed by atoms with Crippen LogP contribution in [-0.4, -0.2) is 14.1 Å². The second kappa shape index (κ2) is 8.65. The summed E-state index contributed by atoms with van der Waals surface area (Å²) in [5, 5.41) is 8.72. The number of rotatable bonds is 4. The number of fused-ring (bicyclic) bond motifs is 1. The van der Waals surface area contributed by atoms with E-state index in [9.17, 15) is 4.79 Å². The highest BCUT2D eigenvalue weighted by atomic mass is 32.1. The molecular formula is C25H19N5OS2. The second-order valence-electron chi connectivity index (χ2n) is 7.57. The molecule has 2 heterocycles. The first-order valence-corrected chi connectivity index (χ1v) is 11.6. The first-order valence-electron chi connectivity index (χ1n) is 10.3. The molecule has 0 amide bonds. The van der Waals surface area contributed by atoms with Crippen molar-refractivity contribution in [3.8, 4) is 11.4 Å². The van der Waals surface area contributed by atoms with Crippen LogP contribution in [-0.2, 0) is 0 Å². The molecule has 0 atom stereocenters. The molecule has 2 aromatic heterocycles. The molecule has 0 aliphatic carbocycles. The van der Waals surface area contributed by atoms with E-state index in [1.807, 2.05) is 96.7 Å². The molecule has 0 spiro atoms. The normalized spacial score (nSPS) is 11.5. The van der Waals surface area contributed by atoms with E-state index in [4.69, 9.17) is 12.2 Å². The van der Waals surface area contributed by atoms with Crippen LogP contribution in [0.15, 0.2) is 93.3 Å². The van der Waals surface area contributed by atoms with Crippen LogP contribution >= 0.6 is 23.6 Å². The van der Waals surface area contributed by atoms with Gasteiger partial charge >= 0.3 is 0 Å². The van der Waals surface area contributed by atoms with E-state index >= 15 is 0 Å². The lowest BCUT2D eigenvalue weighted by Crippen LogP contribution is -2.24. The van der Waals surface area contributed by atoms with E-state index in [0.717, 1.165) is 21.5 Å². The average Bonchev–Trinajstić information content (AvgIpc) is 3.29. The number of nitrogens with zero attached hydrogens (tertiary/aromatic N) is 5. The minimum Gasteiger partial charge on any atom is -0.288 e. The van der Waals surface area contributed by atoms with Crippen molar-refractivity contribution < 1.29 is 0 Å². The fourth-order valence-electron chi connectivity index (χ4n) is 3.63. The zero-order valence-corrected chi connectivity index (χ0v) is 19.6. The lowest BCUT2D eigenvalue weighted by molar-refractivity contribution is 0.810. The van der Waals surface area contributed by atoms with Crippen LogP contribution in [0.3, 0.4) is 0 Å². The van der Waals surface area contributed by atoms with Gasteiger partial charge in [-0.3, -0.25) is 13.9 Å². The maximum atomic E-state index is 13.6. The molecule has 0 aliphatic heterocycles. The maximum absolute atomic E-state index is 13.6. The Morgan fingerprint density at radius 3 is 2.39 bits per heavy atom. The quantitative estimate of drug-likeness (QED) is 0.210. The van der Waals surface area contributed by atoms with Crippen molar-refractivity contribution in [2.75, 3.05) is 0 Å². The van der Waals surface area contributed by atoms with E-state index in [1.165, 1.54) is 4.57 Å². The number of benzene rings is 3. The largest absolute Gasteiger partial charge is 0.288 e. The smallest absolute Gasteiger partial charge is 0.286 e. The van der Waals surface area contributed by atoms with Gasteiger partial charge in [-0.05, 0) is 68.5 Å². The Kier molecular flexibility index (Phi) is 5.53. The Morgan fingerprint density at radius 1 is 0.879 bits per heavy atom. The molecule has 5 aromatic rings. The Balaban J connectivity index is 1.78. The van der Waals surface area contributed by atoms with Crippen LogP contribution in [0.1, 0.15) is 11.3 Å². The van der Waals surface area contributed by atoms with Gasteiger partial charge in [-0.15, -0.1) is 16.5 Å². The van der Waals surface area contributed by atoms with Gasteiger partial charge in [0.15, 0.2) is 10.5 Å². The molecule has 0 bridgehead atoms. The van der Waals surface area contributed by atoms with E-state index in [2.05, 4.69) is 15.2 Å². The molecule has 0 fully saturated rings. The highest BCUT2D eigenvalue weighted by molar-refractivity contribution is 7.71. The Morgan fingerprint density at radius 2 is 1.64 bits per heavy atom. The van der Waals surface area contributed by atoms with E-state index in [1.54, 1.807) is 11.3 Å². The third kappa shape index (κ3) is 3.94. The number of para-hydroxylation sites is 1. The van der Waals surface area contributed by atoms with Gasteiger partial charge in [0.05, 0.1) is 38.5 Å². The van der Waals surface area contributed by atoms with Crippen molar-refractivity contribution in [2.45, 2.75) is 13.8 Å². The van der Waals surface area contributed by atoms with Gasteiger partial charge in [0.25, 0.3) is 5.56 Å². The third-order valence-corrected chi connectivity index (χ3v) is 6.53.